The Morgan fingerprint density at radius 1 is 0.905 bits per heavy atom. The van der Waals surface area contributed by atoms with Crippen LogP contribution in [0.1, 0.15) is 18.5 Å². The van der Waals surface area contributed by atoms with Gasteiger partial charge in [0.1, 0.15) is 0 Å². The molecule has 2 nitrogen and oxygen atoms in total. The van der Waals surface area contributed by atoms with Crippen molar-refractivity contribution in [3.05, 3.63) is 77.3 Å². The van der Waals surface area contributed by atoms with Crippen molar-refractivity contribution in [3.8, 4) is 0 Å². The zero-order valence-corrected chi connectivity index (χ0v) is 12.5. The van der Waals surface area contributed by atoms with E-state index >= 15 is 0 Å². The lowest BCUT2D eigenvalue weighted by atomic mass is 10.1. The zero-order chi connectivity index (χ0) is 14.7. The fourth-order valence-electron chi connectivity index (χ4n) is 2.37. The average Bonchev–Trinajstić information content (AvgIpc) is 2.53. The Kier molecular flexibility index (Phi) is 4.09. The Hall–Kier alpha value is -2.03. The molecule has 105 valence electrons. The lowest BCUT2D eigenvalue weighted by Gasteiger charge is -2.16. The normalized spacial score (nSPS) is 12.3. The second-order valence-electron chi connectivity index (χ2n) is 4.98. The Labute approximate surface area is 129 Å². The van der Waals surface area contributed by atoms with Gasteiger partial charge in [-0.2, -0.15) is 0 Å². The summed E-state index contributed by atoms with van der Waals surface area (Å²) in [4.78, 5) is 0. The van der Waals surface area contributed by atoms with Crippen LogP contribution in [0.15, 0.2) is 66.7 Å². The number of nitrogens with zero attached hydrogens (tertiary/aromatic N) is 1. The molecule has 0 aliphatic heterocycles. The fraction of sp³-hybridized carbons (Fsp3) is 0.111. The van der Waals surface area contributed by atoms with Crippen LogP contribution in [0.3, 0.4) is 0 Å². The van der Waals surface area contributed by atoms with Crippen molar-refractivity contribution in [1.82, 2.24) is 10.9 Å². The SMILES string of the molecule is CC(N[N]c1cccc2ccccc12)c1ccccc1Cl. The van der Waals surface area contributed by atoms with E-state index in [1.54, 1.807) is 0 Å². The number of hydrogen-bond donors (Lipinski definition) is 1. The van der Waals surface area contributed by atoms with Crippen LogP contribution < -0.4 is 10.9 Å². The van der Waals surface area contributed by atoms with Crippen molar-refractivity contribution in [1.29, 1.82) is 0 Å². The van der Waals surface area contributed by atoms with Gasteiger partial charge in [0.2, 0.25) is 0 Å². The predicted octanol–water partition coefficient (Wildman–Crippen LogP) is 4.99. The number of nitrogens with one attached hydrogen (secondary N) is 1. The Morgan fingerprint density at radius 2 is 1.62 bits per heavy atom. The first kappa shape index (κ1) is 13.9. The van der Waals surface area contributed by atoms with Crippen LogP contribution in [0.5, 0.6) is 0 Å². The van der Waals surface area contributed by atoms with Crippen molar-refractivity contribution in [2.45, 2.75) is 13.0 Å². The molecule has 1 N–H and O–H groups in total. The van der Waals surface area contributed by atoms with Crippen LogP contribution >= 0.6 is 11.6 Å². The minimum absolute atomic E-state index is 0.0534. The standard InChI is InChI=1S/C18H16ClN2/c1-13(15-9-4-5-11-17(15)19)20-21-18-12-6-8-14-7-2-3-10-16(14)18/h2-13,20H,1H3. The molecular formula is C18H16ClN2. The molecule has 0 bridgehead atoms. The summed E-state index contributed by atoms with van der Waals surface area (Å²) in [6.45, 7) is 2.05. The topological polar surface area (TPSA) is 26.1 Å². The summed E-state index contributed by atoms with van der Waals surface area (Å²) < 4.78 is 0. The molecule has 3 rings (SSSR count). The monoisotopic (exact) mass is 295 g/mol. The van der Waals surface area contributed by atoms with Crippen LogP contribution in [-0.4, -0.2) is 0 Å². The Morgan fingerprint density at radius 3 is 2.48 bits per heavy atom. The van der Waals surface area contributed by atoms with Crippen molar-refractivity contribution in [2.75, 3.05) is 0 Å². The molecule has 0 aromatic heterocycles. The molecule has 1 radical (unpaired) electrons. The maximum Gasteiger partial charge on any atom is 0.0852 e. The third-order valence-electron chi connectivity index (χ3n) is 3.52. The van der Waals surface area contributed by atoms with E-state index in [-0.39, 0.29) is 6.04 Å². The van der Waals surface area contributed by atoms with Gasteiger partial charge in [-0.05, 0) is 30.0 Å². The predicted molar refractivity (Wildman–Crippen MR) is 88.7 cm³/mol. The molecule has 0 aliphatic rings. The first-order chi connectivity index (χ1) is 10.3. The number of rotatable bonds is 4. The van der Waals surface area contributed by atoms with Crippen molar-refractivity contribution in [2.24, 2.45) is 0 Å². The molecule has 0 aliphatic carbocycles. The van der Waals surface area contributed by atoms with Gasteiger partial charge in [0.15, 0.2) is 0 Å². The molecule has 3 heteroatoms. The summed E-state index contributed by atoms with van der Waals surface area (Å²) >= 11 is 6.21. The van der Waals surface area contributed by atoms with E-state index in [0.29, 0.717) is 0 Å². The van der Waals surface area contributed by atoms with Gasteiger partial charge in [0, 0.05) is 10.4 Å². The van der Waals surface area contributed by atoms with E-state index in [4.69, 9.17) is 11.6 Å². The highest BCUT2D eigenvalue weighted by molar-refractivity contribution is 6.31. The number of benzene rings is 3. The van der Waals surface area contributed by atoms with Crippen LogP contribution in [0.4, 0.5) is 5.69 Å². The van der Waals surface area contributed by atoms with Crippen LogP contribution in [-0.2, 0) is 0 Å². The number of fused-ring (bicyclic) bond motifs is 1. The van der Waals surface area contributed by atoms with Gasteiger partial charge in [-0.25, -0.2) is 10.9 Å². The molecule has 0 spiro atoms. The van der Waals surface area contributed by atoms with Gasteiger partial charge < -0.3 is 0 Å². The molecule has 1 atom stereocenters. The highest BCUT2D eigenvalue weighted by atomic mass is 35.5. The van der Waals surface area contributed by atoms with Crippen LogP contribution in [0.25, 0.3) is 10.8 Å². The lowest BCUT2D eigenvalue weighted by Crippen LogP contribution is -2.24. The molecule has 0 fully saturated rings. The third-order valence-corrected chi connectivity index (χ3v) is 3.86. The zero-order valence-electron chi connectivity index (χ0n) is 11.8. The van der Waals surface area contributed by atoms with Gasteiger partial charge >= 0.3 is 0 Å². The van der Waals surface area contributed by atoms with Gasteiger partial charge in [0.05, 0.1) is 11.7 Å². The minimum atomic E-state index is 0.0534. The second kappa shape index (κ2) is 6.17. The highest BCUT2D eigenvalue weighted by Crippen LogP contribution is 2.25. The maximum absolute atomic E-state index is 6.21. The molecule has 0 heterocycles. The first-order valence-corrected chi connectivity index (χ1v) is 7.32. The summed E-state index contributed by atoms with van der Waals surface area (Å²) in [6.07, 6.45) is 0. The maximum atomic E-state index is 6.21. The van der Waals surface area contributed by atoms with E-state index in [2.05, 4.69) is 36.0 Å². The van der Waals surface area contributed by atoms with Gasteiger partial charge in [-0.3, -0.25) is 0 Å². The largest absolute Gasteiger partial charge is 0.206 e. The summed E-state index contributed by atoms with van der Waals surface area (Å²) in [5.41, 5.74) is 9.71. The van der Waals surface area contributed by atoms with Crippen molar-refractivity contribution in [3.63, 3.8) is 0 Å². The average molecular weight is 296 g/mol. The molecule has 21 heavy (non-hydrogen) atoms. The minimum Gasteiger partial charge on any atom is -0.206 e. The van der Waals surface area contributed by atoms with Crippen LogP contribution in [0, 0.1) is 0 Å². The quantitative estimate of drug-likeness (QED) is 0.674. The van der Waals surface area contributed by atoms with Crippen LogP contribution in [0.2, 0.25) is 5.02 Å². The Bertz CT molecular complexity index is 750. The Balaban J connectivity index is 1.79. The second-order valence-corrected chi connectivity index (χ2v) is 5.39. The van der Waals surface area contributed by atoms with E-state index in [9.17, 15) is 0 Å². The van der Waals surface area contributed by atoms with E-state index in [0.717, 1.165) is 21.7 Å². The molecular weight excluding hydrogens is 280 g/mol. The number of hydrogen-bond acceptors (Lipinski definition) is 1. The highest BCUT2D eigenvalue weighted by Gasteiger charge is 2.10. The summed E-state index contributed by atoms with van der Waals surface area (Å²) in [5.74, 6) is 0. The van der Waals surface area contributed by atoms with Gasteiger partial charge in [-0.15, -0.1) is 0 Å². The fourth-order valence-corrected chi connectivity index (χ4v) is 2.67. The molecule has 0 saturated heterocycles. The summed E-state index contributed by atoms with van der Waals surface area (Å²) in [7, 11) is 0. The van der Waals surface area contributed by atoms with Gasteiger partial charge in [0.25, 0.3) is 0 Å². The number of halogens is 1. The molecule has 0 amide bonds. The van der Waals surface area contributed by atoms with E-state index in [1.165, 1.54) is 5.39 Å². The molecule has 1 unspecified atom stereocenters. The molecule has 3 aromatic carbocycles. The van der Waals surface area contributed by atoms with E-state index < -0.39 is 0 Å². The summed E-state index contributed by atoms with van der Waals surface area (Å²) in [5, 5.41) is 3.08. The van der Waals surface area contributed by atoms with Crippen molar-refractivity contribution >= 4 is 28.1 Å². The first-order valence-electron chi connectivity index (χ1n) is 6.94. The van der Waals surface area contributed by atoms with E-state index in [1.807, 2.05) is 48.5 Å². The third kappa shape index (κ3) is 3.02. The molecule has 3 aromatic rings. The summed E-state index contributed by atoms with van der Waals surface area (Å²) in [6, 6.07) is 22.2. The molecule has 0 saturated carbocycles. The lowest BCUT2D eigenvalue weighted by molar-refractivity contribution is 0.525. The van der Waals surface area contributed by atoms with Crippen molar-refractivity contribution < 1.29 is 0 Å². The van der Waals surface area contributed by atoms with Gasteiger partial charge in [-0.1, -0.05) is 66.2 Å². The smallest absolute Gasteiger partial charge is 0.0852 e.